The molecule has 1 saturated heterocycles. The third kappa shape index (κ3) is 4.85. The number of aliphatic imine (C=N–C) groups is 1. The molecule has 0 aliphatic carbocycles. The Bertz CT molecular complexity index is 1070. The molecule has 8 heteroatoms. The van der Waals surface area contributed by atoms with Crippen molar-refractivity contribution in [1.82, 2.24) is 25.0 Å². The molecule has 0 spiro atoms. The average Bonchev–Trinajstić information content (AvgIpc) is 3.18. The van der Waals surface area contributed by atoms with Gasteiger partial charge in [-0.25, -0.2) is 9.67 Å². The Kier molecular flexibility index (Phi) is 6.58. The normalized spacial score (nSPS) is 14.6. The van der Waals surface area contributed by atoms with E-state index in [0.29, 0.717) is 6.54 Å². The molecule has 0 saturated carbocycles. The number of methoxy groups -OCH3 is 1. The maximum absolute atomic E-state index is 5.36. The van der Waals surface area contributed by atoms with Crippen LogP contribution in [0.1, 0.15) is 17.0 Å². The molecular weight excluding hydrogens is 402 g/mol. The Morgan fingerprint density at radius 3 is 2.53 bits per heavy atom. The van der Waals surface area contributed by atoms with Gasteiger partial charge in [-0.1, -0.05) is 12.1 Å². The second-order valence-corrected chi connectivity index (χ2v) is 7.94. The first kappa shape index (κ1) is 21.7. The third-order valence-corrected chi connectivity index (χ3v) is 5.70. The number of hydrogen-bond acceptors (Lipinski definition) is 5. The maximum atomic E-state index is 5.36. The summed E-state index contributed by atoms with van der Waals surface area (Å²) in [4.78, 5) is 13.8. The van der Waals surface area contributed by atoms with Crippen molar-refractivity contribution in [3.8, 4) is 11.6 Å². The Morgan fingerprint density at radius 1 is 1.09 bits per heavy atom. The topological polar surface area (TPSA) is 70.8 Å². The van der Waals surface area contributed by atoms with Crippen molar-refractivity contribution in [2.24, 2.45) is 4.99 Å². The van der Waals surface area contributed by atoms with Crippen LogP contribution in [0.25, 0.3) is 5.82 Å². The van der Waals surface area contributed by atoms with Crippen molar-refractivity contribution in [3.05, 3.63) is 65.6 Å². The number of aromatic nitrogens is 3. The first-order valence-electron chi connectivity index (χ1n) is 10.9. The van der Waals surface area contributed by atoms with Gasteiger partial charge in [0.2, 0.25) is 0 Å². The van der Waals surface area contributed by atoms with E-state index in [4.69, 9.17) is 4.74 Å². The van der Waals surface area contributed by atoms with Crippen molar-refractivity contribution in [2.45, 2.75) is 20.4 Å². The van der Waals surface area contributed by atoms with Crippen LogP contribution in [0.15, 0.2) is 53.7 Å². The number of ether oxygens (including phenoxy) is 1. The van der Waals surface area contributed by atoms with E-state index in [9.17, 15) is 0 Å². The average molecular weight is 434 g/mol. The van der Waals surface area contributed by atoms with E-state index in [1.165, 1.54) is 5.69 Å². The standard InChI is InChI=1S/C24H31N7O/c1-18-14-19(2)31(28-18)23-9-8-20(16-26-23)17-27-24(25-3)30-12-10-29(11-13-30)21-6-5-7-22(15-21)32-4/h5-9,14-16H,10-13,17H2,1-4H3,(H,25,27). The van der Waals surface area contributed by atoms with Crippen molar-refractivity contribution >= 4 is 11.6 Å². The summed E-state index contributed by atoms with van der Waals surface area (Å²) >= 11 is 0. The smallest absolute Gasteiger partial charge is 0.194 e. The number of nitrogens with zero attached hydrogens (tertiary/aromatic N) is 6. The van der Waals surface area contributed by atoms with Gasteiger partial charge in [0, 0.05) is 63.4 Å². The number of nitrogens with one attached hydrogen (secondary N) is 1. The van der Waals surface area contributed by atoms with Crippen LogP contribution in [0, 0.1) is 13.8 Å². The van der Waals surface area contributed by atoms with Crippen LogP contribution in [-0.4, -0.2) is 66.0 Å². The zero-order valence-corrected chi connectivity index (χ0v) is 19.2. The summed E-state index contributed by atoms with van der Waals surface area (Å²) in [5.41, 5.74) is 4.37. The number of piperazine rings is 1. The van der Waals surface area contributed by atoms with E-state index >= 15 is 0 Å². The molecule has 1 aliphatic rings. The number of aryl methyl sites for hydroxylation is 2. The molecule has 8 nitrogen and oxygen atoms in total. The monoisotopic (exact) mass is 433 g/mol. The minimum Gasteiger partial charge on any atom is -0.497 e. The molecule has 0 radical (unpaired) electrons. The fourth-order valence-electron chi connectivity index (χ4n) is 4.00. The van der Waals surface area contributed by atoms with Crippen molar-refractivity contribution in [2.75, 3.05) is 45.2 Å². The minimum absolute atomic E-state index is 0.674. The number of anilines is 1. The summed E-state index contributed by atoms with van der Waals surface area (Å²) < 4.78 is 7.23. The second kappa shape index (κ2) is 9.72. The van der Waals surface area contributed by atoms with Gasteiger partial charge in [-0.05, 0) is 43.7 Å². The van der Waals surface area contributed by atoms with E-state index in [2.05, 4.69) is 54.5 Å². The Morgan fingerprint density at radius 2 is 1.91 bits per heavy atom. The molecule has 0 bridgehead atoms. The summed E-state index contributed by atoms with van der Waals surface area (Å²) in [5.74, 6) is 2.63. The summed E-state index contributed by atoms with van der Waals surface area (Å²) in [5, 5.41) is 7.98. The first-order chi connectivity index (χ1) is 15.6. The molecule has 168 valence electrons. The van der Waals surface area contributed by atoms with Crippen LogP contribution in [-0.2, 0) is 6.54 Å². The lowest BCUT2D eigenvalue weighted by atomic mass is 10.2. The number of hydrogen-bond donors (Lipinski definition) is 1. The van der Waals surface area contributed by atoms with Gasteiger partial charge in [0.25, 0.3) is 0 Å². The maximum Gasteiger partial charge on any atom is 0.194 e. The summed E-state index contributed by atoms with van der Waals surface area (Å²) in [6, 6.07) is 14.4. The molecule has 4 rings (SSSR count). The third-order valence-electron chi connectivity index (χ3n) is 5.70. The van der Waals surface area contributed by atoms with Gasteiger partial charge in [0.05, 0.1) is 12.8 Å². The zero-order valence-electron chi connectivity index (χ0n) is 19.2. The van der Waals surface area contributed by atoms with E-state index < -0.39 is 0 Å². The van der Waals surface area contributed by atoms with Crippen LogP contribution < -0.4 is 15.0 Å². The molecule has 1 aliphatic heterocycles. The Balaban J connectivity index is 1.32. The van der Waals surface area contributed by atoms with Gasteiger partial charge in [-0.2, -0.15) is 5.10 Å². The minimum atomic E-state index is 0.674. The Labute approximate surface area is 189 Å². The quantitative estimate of drug-likeness (QED) is 0.493. The predicted octanol–water partition coefficient (Wildman–Crippen LogP) is 2.79. The lowest BCUT2D eigenvalue weighted by molar-refractivity contribution is 0.372. The lowest BCUT2D eigenvalue weighted by Gasteiger charge is -2.37. The van der Waals surface area contributed by atoms with E-state index in [1.54, 1.807) is 7.11 Å². The van der Waals surface area contributed by atoms with Crippen LogP contribution in [0.2, 0.25) is 0 Å². The SMILES string of the molecule is CN=C(NCc1ccc(-n2nc(C)cc2C)nc1)N1CCN(c2cccc(OC)c2)CC1. The highest BCUT2D eigenvalue weighted by molar-refractivity contribution is 5.80. The van der Waals surface area contributed by atoms with Crippen molar-refractivity contribution in [1.29, 1.82) is 0 Å². The number of rotatable bonds is 5. The molecular formula is C24H31N7O. The van der Waals surface area contributed by atoms with Crippen LogP contribution in [0.5, 0.6) is 5.75 Å². The molecule has 0 atom stereocenters. The van der Waals surface area contributed by atoms with Crippen LogP contribution in [0.4, 0.5) is 5.69 Å². The molecule has 1 fully saturated rings. The summed E-state index contributed by atoms with van der Waals surface area (Å²) in [6.07, 6.45) is 1.90. The molecule has 3 aromatic rings. The first-order valence-corrected chi connectivity index (χ1v) is 10.9. The van der Waals surface area contributed by atoms with Crippen molar-refractivity contribution in [3.63, 3.8) is 0 Å². The van der Waals surface area contributed by atoms with Gasteiger partial charge in [-0.15, -0.1) is 0 Å². The van der Waals surface area contributed by atoms with E-state index in [0.717, 1.165) is 60.7 Å². The highest BCUT2D eigenvalue weighted by atomic mass is 16.5. The highest BCUT2D eigenvalue weighted by Crippen LogP contribution is 2.22. The molecule has 0 unspecified atom stereocenters. The van der Waals surface area contributed by atoms with E-state index in [1.807, 2.05) is 50.0 Å². The molecule has 2 aromatic heterocycles. The van der Waals surface area contributed by atoms with Gasteiger partial charge in [0.1, 0.15) is 5.75 Å². The van der Waals surface area contributed by atoms with Crippen LogP contribution in [0.3, 0.4) is 0 Å². The lowest BCUT2D eigenvalue weighted by Crippen LogP contribution is -2.52. The largest absolute Gasteiger partial charge is 0.497 e. The molecule has 1 aromatic carbocycles. The molecule has 0 amide bonds. The Hall–Kier alpha value is -3.55. The molecule has 32 heavy (non-hydrogen) atoms. The molecule has 1 N–H and O–H groups in total. The van der Waals surface area contributed by atoms with Gasteiger partial charge in [-0.3, -0.25) is 4.99 Å². The predicted molar refractivity (Wildman–Crippen MR) is 128 cm³/mol. The zero-order chi connectivity index (χ0) is 22.5. The van der Waals surface area contributed by atoms with Gasteiger partial charge >= 0.3 is 0 Å². The second-order valence-electron chi connectivity index (χ2n) is 7.94. The van der Waals surface area contributed by atoms with Gasteiger partial charge in [0.15, 0.2) is 11.8 Å². The van der Waals surface area contributed by atoms with Gasteiger partial charge < -0.3 is 19.9 Å². The summed E-state index contributed by atoms with van der Waals surface area (Å²) in [6.45, 7) is 8.39. The highest BCUT2D eigenvalue weighted by Gasteiger charge is 2.20. The molecule has 3 heterocycles. The van der Waals surface area contributed by atoms with Crippen molar-refractivity contribution < 1.29 is 4.74 Å². The summed E-state index contributed by atoms with van der Waals surface area (Å²) in [7, 11) is 3.54. The van der Waals surface area contributed by atoms with Crippen LogP contribution >= 0.6 is 0 Å². The fraction of sp³-hybridized carbons (Fsp3) is 0.375. The number of guanidine groups is 1. The number of pyridine rings is 1. The van der Waals surface area contributed by atoms with E-state index in [-0.39, 0.29) is 0 Å². The fourth-order valence-corrected chi connectivity index (χ4v) is 4.00. The number of benzene rings is 1.